The van der Waals surface area contributed by atoms with Crippen molar-refractivity contribution >= 4 is 6.21 Å². The summed E-state index contributed by atoms with van der Waals surface area (Å²) in [6.45, 7) is 2.04. The minimum Gasteiger partial charge on any atom is -0.240 e. The summed E-state index contributed by atoms with van der Waals surface area (Å²) >= 11 is 0. The van der Waals surface area contributed by atoms with E-state index in [1.165, 1.54) is 35.0 Å². The van der Waals surface area contributed by atoms with Gasteiger partial charge >= 0.3 is 0 Å². The van der Waals surface area contributed by atoms with Gasteiger partial charge in [-0.05, 0) is 31.2 Å². The largest absolute Gasteiger partial charge is 0.240 e. The van der Waals surface area contributed by atoms with Crippen LogP contribution in [0.25, 0.3) is 16.9 Å². The van der Waals surface area contributed by atoms with E-state index in [-0.39, 0.29) is 5.82 Å². The zero-order valence-electron chi connectivity index (χ0n) is 14.0. The average molecular weight is 346 g/mol. The van der Waals surface area contributed by atoms with E-state index in [0.717, 1.165) is 22.5 Å². The molecule has 2 aromatic heterocycles. The predicted octanol–water partition coefficient (Wildman–Crippen LogP) is 3.46. The quantitative estimate of drug-likeness (QED) is 0.532. The summed E-state index contributed by atoms with van der Waals surface area (Å²) in [7, 11) is 0. The van der Waals surface area contributed by atoms with Crippen molar-refractivity contribution in [1.82, 2.24) is 24.7 Å². The Labute approximate surface area is 149 Å². The first-order chi connectivity index (χ1) is 12.7. The summed E-state index contributed by atoms with van der Waals surface area (Å²) in [4.78, 5) is 0. The van der Waals surface area contributed by atoms with E-state index in [9.17, 15) is 4.39 Å². The molecule has 0 aliphatic heterocycles. The lowest BCUT2D eigenvalue weighted by atomic mass is 10.1. The first kappa shape index (κ1) is 15.9. The van der Waals surface area contributed by atoms with Crippen molar-refractivity contribution in [2.24, 2.45) is 5.10 Å². The maximum atomic E-state index is 13.2. The number of aryl methyl sites for hydroxylation is 1. The minimum atomic E-state index is -0.283. The monoisotopic (exact) mass is 346 g/mol. The maximum Gasteiger partial charge on any atom is 0.141 e. The van der Waals surface area contributed by atoms with Crippen molar-refractivity contribution in [3.8, 4) is 16.9 Å². The second-order valence-electron chi connectivity index (χ2n) is 5.81. The molecule has 2 heterocycles. The predicted molar refractivity (Wildman–Crippen MR) is 96.7 cm³/mol. The van der Waals surface area contributed by atoms with Crippen LogP contribution < -0.4 is 0 Å². The Hall–Kier alpha value is -3.61. The van der Waals surface area contributed by atoms with Crippen LogP contribution in [-0.4, -0.2) is 30.9 Å². The zero-order chi connectivity index (χ0) is 17.9. The van der Waals surface area contributed by atoms with Crippen molar-refractivity contribution in [3.63, 3.8) is 0 Å². The molecule has 4 rings (SSSR count). The van der Waals surface area contributed by atoms with Crippen LogP contribution in [0.4, 0.5) is 4.39 Å². The molecule has 0 saturated heterocycles. The summed E-state index contributed by atoms with van der Waals surface area (Å²) < 4.78 is 16.4. The lowest BCUT2D eigenvalue weighted by Crippen LogP contribution is -1.94. The Morgan fingerprint density at radius 1 is 0.962 bits per heavy atom. The Morgan fingerprint density at radius 2 is 1.65 bits per heavy atom. The summed E-state index contributed by atoms with van der Waals surface area (Å²) in [5.41, 5.74) is 4.52. The third-order valence-electron chi connectivity index (χ3n) is 3.90. The highest BCUT2D eigenvalue weighted by Gasteiger charge is 2.11. The van der Waals surface area contributed by atoms with Gasteiger partial charge in [0.2, 0.25) is 0 Å². The number of hydrogen-bond acceptors (Lipinski definition) is 4. The molecule has 7 heteroatoms. The van der Waals surface area contributed by atoms with Crippen molar-refractivity contribution < 1.29 is 4.39 Å². The van der Waals surface area contributed by atoms with Crippen LogP contribution in [0.3, 0.4) is 0 Å². The van der Waals surface area contributed by atoms with E-state index >= 15 is 0 Å². The number of nitrogens with zero attached hydrogens (tertiary/aromatic N) is 6. The highest BCUT2D eigenvalue weighted by atomic mass is 19.1. The van der Waals surface area contributed by atoms with Crippen LogP contribution in [0.5, 0.6) is 0 Å². The van der Waals surface area contributed by atoms with Crippen LogP contribution in [0, 0.1) is 12.7 Å². The standard InChI is InChI=1S/C19H15FN6/c1-14-2-4-15(5-3-14)19-16(10-23-25-12-21-22-13-25)11-26(24-19)18-8-6-17(20)7-9-18/h2-13H,1H3/b23-10-. The molecule has 0 radical (unpaired) electrons. The fraction of sp³-hybridized carbons (Fsp3) is 0.0526. The second-order valence-corrected chi connectivity index (χ2v) is 5.81. The van der Waals surface area contributed by atoms with Crippen molar-refractivity contribution in [1.29, 1.82) is 0 Å². The molecular formula is C19H15FN6. The van der Waals surface area contributed by atoms with E-state index in [4.69, 9.17) is 0 Å². The maximum absolute atomic E-state index is 13.2. The fourth-order valence-corrected chi connectivity index (χ4v) is 2.53. The van der Waals surface area contributed by atoms with Crippen molar-refractivity contribution in [2.45, 2.75) is 6.92 Å². The van der Waals surface area contributed by atoms with E-state index in [0.29, 0.717) is 0 Å². The first-order valence-corrected chi connectivity index (χ1v) is 8.01. The molecule has 0 bridgehead atoms. The van der Waals surface area contributed by atoms with Gasteiger partial charge in [0.25, 0.3) is 0 Å². The third kappa shape index (κ3) is 3.27. The number of benzene rings is 2. The molecule has 6 nitrogen and oxygen atoms in total. The van der Waals surface area contributed by atoms with Crippen LogP contribution in [0.1, 0.15) is 11.1 Å². The first-order valence-electron chi connectivity index (χ1n) is 8.01. The summed E-state index contributed by atoms with van der Waals surface area (Å²) in [6, 6.07) is 14.3. The Morgan fingerprint density at radius 3 is 2.35 bits per heavy atom. The van der Waals surface area contributed by atoms with Gasteiger partial charge in [-0.25, -0.2) is 13.7 Å². The lowest BCUT2D eigenvalue weighted by molar-refractivity contribution is 0.627. The third-order valence-corrected chi connectivity index (χ3v) is 3.90. The second kappa shape index (κ2) is 6.72. The molecule has 0 aliphatic rings. The fourth-order valence-electron chi connectivity index (χ4n) is 2.53. The number of halogens is 1. The Kier molecular flexibility index (Phi) is 4.10. The van der Waals surface area contributed by atoms with Gasteiger partial charge in [-0.3, -0.25) is 0 Å². The topological polar surface area (TPSA) is 60.9 Å². The highest BCUT2D eigenvalue weighted by molar-refractivity contribution is 5.88. The van der Waals surface area contributed by atoms with Gasteiger partial charge in [0.15, 0.2) is 0 Å². The molecule has 0 N–H and O–H groups in total. The molecule has 0 aliphatic carbocycles. The summed E-state index contributed by atoms with van der Waals surface area (Å²) in [6.07, 6.45) is 6.57. The van der Waals surface area contributed by atoms with E-state index in [1.54, 1.807) is 23.0 Å². The summed E-state index contributed by atoms with van der Waals surface area (Å²) in [5, 5.41) is 16.4. The molecule has 0 fully saturated rings. The number of rotatable bonds is 4. The molecule has 0 atom stereocenters. The van der Waals surface area contributed by atoms with Crippen molar-refractivity contribution in [2.75, 3.05) is 0 Å². The molecule has 128 valence electrons. The van der Waals surface area contributed by atoms with Gasteiger partial charge in [-0.15, -0.1) is 10.2 Å². The highest BCUT2D eigenvalue weighted by Crippen LogP contribution is 2.23. The molecule has 0 amide bonds. The van der Waals surface area contributed by atoms with Crippen LogP contribution in [0.2, 0.25) is 0 Å². The molecule has 26 heavy (non-hydrogen) atoms. The van der Waals surface area contributed by atoms with Gasteiger partial charge in [0.1, 0.15) is 24.2 Å². The smallest absolute Gasteiger partial charge is 0.141 e. The van der Waals surface area contributed by atoms with Crippen LogP contribution in [0.15, 0.2) is 72.5 Å². The number of aromatic nitrogens is 5. The molecule has 0 unspecified atom stereocenters. The number of hydrogen-bond donors (Lipinski definition) is 0. The SMILES string of the molecule is Cc1ccc(-c2nn(-c3ccc(F)cc3)cc2/C=N\n2cnnc2)cc1. The Balaban J connectivity index is 1.79. The summed E-state index contributed by atoms with van der Waals surface area (Å²) in [5.74, 6) is -0.283. The van der Waals surface area contributed by atoms with Crippen LogP contribution >= 0.6 is 0 Å². The van der Waals surface area contributed by atoms with Gasteiger partial charge in [-0.2, -0.15) is 10.2 Å². The molecule has 0 saturated carbocycles. The van der Waals surface area contributed by atoms with Gasteiger partial charge in [-0.1, -0.05) is 29.8 Å². The van der Waals surface area contributed by atoms with E-state index in [2.05, 4.69) is 20.4 Å². The van der Waals surface area contributed by atoms with E-state index in [1.807, 2.05) is 37.4 Å². The lowest BCUT2D eigenvalue weighted by Gasteiger charge is -2.01. The van der Waals surface area contributed by atoms with E-state index < -0.39 is 0 Å². The van der Waals surface area contributed by atoms with Gasteiger partial charge in [0, 0.05) is 17.3 Å². The van der Waals surface area contributed by atoms with Crippen molar-refractivity contribution in [3.05, 3.63) is 84.3 Å². The zero-order valence-corrected chi connectivity index (χ0v) is 14.0. The average Bonchev–Trinajstić information content (AvgIpc) is 3.31. The van der Waals surface area contributed by atoms with Crippen LogP contribution in [-0.2, 0) is 0 Å². The van der Waals surface area contributed by atoms with Gasteiger partial charge in [0.05, 0.1) is 11.9 Å². The molecular weight excluding hydrogens is 331 g/mol. The van der Waals surface area contributed by atoms with Gasteiger partial charge < -0.3 is 0 Å². The molecule has 0 spiro atoms. The normalized spacial score (nSPS) is 11.3. The Bertz CT molecular complexity index is 1030. The molecule has 4 aromatic rings. The molecule has 2 aromatic carbocycles. The minimum absolute atomic E-state index is 0.283.